The van der Waals surface area contributed by atoms with Crippen LogP contribution in [0.25, 0.3) is 0 Å². The second-order valence-electron chi connectivity index (χ2n) is 11.7. The summed E-state index contributed by atoms with van der Waals surface area (Å²) < 4.78 is 6.91. The van der Waals surface area contributed by atoms with E-state index >= 15 is 0 Å². The standard InChI is InChI=1S/C32H42O/c1-3-15-25-23(11-1)13-9-19-27(25)29-17-5-7-21-31(29)33-32-22-8-6-18-30(32)28-20-10-14-24-12-2-4-16-26(24)28/h5-8,17-18,21-28H,1-4,9-16,19-20H2. The van der Waals surface area contributed by atoms with Gasteiger partial charge in [-0.15, -0.1) is 0 Å². The third-order valence-electron chi connectivity index (χ3n) is 10.0. The number of hydrogen-bond donors (Lipinski definition) is 0. The van der Waals surface area contributed by atoms with Crippen molar-refractivity contribution >= 4 is 0 Å². The number of para-hydroxylation sites is 2. The predicted octanol–water partition coefficient (Wildman–Crippen LogP) is 9.63. The van der Waals surface area contributed by atoms with Crippen molar-refractivity contribution in [3.63, 3.8) is 0 Å². The van der Waals surface area contributed by atoms with E-state index in [1.54, 1.807) is 0 Å². The number of benzene rings is 2. The summed E-state index contributed by atoms with van der Waals surface area (Å²) in [5, 5.41) is 0. The summed E-state index contributed by atoms with van der Waals surface area (Å²) in [6.07, 6.45) is 19.9. The van der Waals surface area contributed by atoms with E-state index in [9.17, 15) is 0 Å². The van der Waals surface area contributed by atoms with E-state index in [-0.39, 0.29) is 0 Å². The predicted molar refractivity (Wildman–Crippen MR) is 137 cm³/mol. The van der Waals surface area contributed by atoms with Crippen molar-refractivity contribution in [3.05, 3.63) is 59.7 Å². The molecule has 0 aromatic heterocycles. The Morgan fingerprint density at radius 1 is 0.455 bits per heavy atom. The average Bonchev–Trinajstić information content (AvgIpc) is 2.89. The number of fused-ring (bicyclic) bond motifs is 2. The minimum atomic E-state index is 0.685. The van der Waals surface area contributed by atoms with Gasteiger partial charge in [0, 0.05) is 0 Å². The smallest absolute Gasteiger partial charge is 0.130 e. The molecule has 0 heterocycles. The highest BCUT2D eigenvalue weighted by Crippen LogP contribution is 2.52. The highest BCUT2D eigenvalue weighted by molar-refractivity contribution is 5.45. The molecule has 1 heteroatoms. The van der Waals surface area contributed by atoms with Crippen LogP contribution >= 0.6 is 0 Å². The van der Waals surface area contributed by atoms with Crippen LogP contribution in [-0.4, -0.2) is 0 Å². The van der Waals surface area contributed by atoms with E-state index in [0.717, 1.165) is 35.2 Å². The SMILES string of the molecule is c1ccc(C2CCCC3CCCCC32)c(Oc2ccccc2C2CCCC3CCCCC32)c1. The van der Waals surface area contributed by atoms with E-state index in [1.807, 2.05) is 0 Å². The fraction of sp³-hybridized carbons (Fsp3) is 0.625. The van der Waals surface area contributed by atoms with Gasteiger partial charge in [0.25, 0.3) is 0 Å². The van der Waals surface area contributed by atoms with Gasteiger partial charge in [-0.3, -0.25) is 0 Å². The van der Waals surface area contributed by atoms with Crippen LogP contribution < -0.4 is 4.74 Å². The third kappa shape index (κ3) is 4.38. The molecule has 4 fully saturated rings. The average molecular weight is 443 g/mol. The monoisotopic (exact) mass is 442 g/mol. The van der Waals surface area contributed by atoms with Crippen molar-refractivity contribution in [3.8, 4) is 11.5 Å². The van der Waals surface area contributed by atoms with Gasteiger partial charge in [0.1, 0.15) is 11.5 Å². The number of ether oxygens (including phenoxy) is 1. The van der Waals surface area contributed by atoms with Gasteiger partial charge in [0.2, 0.25) is 0 Å². The maximum atomic E-state index is 6.91. The fourth-order valence-electron chi connectivity index (χ4n) is 8.53. The maximum Gasteiger partial charge on any atom is 0.130 e. The van der Waals surface area contributed by atoms with Gasteiger partial charge in [-0.1, -0.05) is 101 Å². The molecule has 4 aliphatic rings. The largest absolute Gasteiger partial charge is 0.457 e. The minimum absolute atomic E-state index is 0.685. The Kier molecular flexibility index (Phi) is 6.49. The molecule has 176 valence electrons. The van der Waals surface area contributed by atoms with E-state index in [0.29, 0.717) is 11.8 Å². The quantitative estimate of drug-likeness (QED) is 0.458. The Balaban J connectivity index is 1.30. The molecule has 0 bridgehead atoms. The number of hydrogen-bond acceptors (Lipinski definition) is 1. The van der Waals surface area contributed by atoms with E-state index in [1.165, 1.54) is 101 Å². The van der Waals surface area contributed by atoms with Crippen molar-refractivity contribution in [2.45, 2.75) is 102 Å². The molecule has 6 unspecified atom stereocenters. The van der Waals surface area contributed by atoms with Gasteiger partial charge in [0.05, 0.1) is 0 Å². The molecule has 6 rings (SSSR count). The summed E-state index contributed by atoms with van der Waals surface area (Å²) in [6.45, 7) is 0. The van der Waals surface area contributed by atoms with Crippen molar-refractivity contribution in [2.24, 2.45) is 23.7 Å². The summed E-state index contributed by atoms with van der Waals surface area (Å²) in [4.78, 5) is 0. The van der Waals surface area contributed by atoms with Gasteiger partial charge in [-0.2, -0.15) is 0 Å². The summed E-state index contributed by atoms with van der Waals surface area (Å²) in [6, 6.07) is 18.1. The molecule has 4 aliphatic carbocycles. The first kappa shape index (κ1) is 21.8. The van der Waals surface area contributed by atoms with E-state index in [4.69, 9.17) is 4.74 Å². The first-order valence-electron chi connectivity index (χ1n) is 14.2. The lowest BCUT2D eigenvalue weighted by Crippen LogP contribution is -2.30. The topological polar surface area (TPSA) is 9.23 Å². The maximum absolute atomic E-state index is 6.91. The minimum Gasteiger partial charge on any atom is -0.457 e. The molecule has 0 aliphatic heterocycles. The number of rotatable bonds is 4. The van der Waals surface area contributed by atoms with E-state index < -0.39 is 0 Å². The molecule has 2 aromatic rings. The normalized spacial score (nSPS) is 34.2. The van der Waals surface area contributed by atoms with Crippen molar-refractivity contribution in [2.75, 3.05) is 0 Å². The van der Waals surface area contributed by atoms with Crippen LogP contribution in [0.4, 0.5) is 0 Å². The Bertz CT molecular complexity index is 852. The van der Waals surface area contributed by atoms with Crippen LogP contribution in [0.2, 0.25) is 0 Å². The molecule has 2 aromatic carbocycles. The summed E-state index contributed by atoms with van der Waals surface area (Å²) in [7, 11) is 0. The Morgan fingerprint density at radius 2 is 0.879 bits per heavy atom. The van der Waals surface area contributed by atoms with Crippen LogP contribution in [0.15, 0.2) is 48.5 Å². The van der Waals surface area contributed by atoms with Crippen LogP contribution in [0.1, 0.15) is 113 Å². The highest BCUT2D eigenvalue weighted by Gasteiger charge is 2.38. The Hall–Kier alpha value is -1.76. The lowest BCUT2D eigenvalue weighted by atomic mass is 9.63. The first-order valence-corrected chi connectivity index (χ1v) is 14.2. The van der Waals surface area contributed by atoms with Gasteiger partial charge >= 0.3 is 0 Å². The molecular formula is C32H42O. The highest BCUT2D eigenvalue weighted by atomic mass is 16.5. The van der Waals surface area contributed by atoms with Crippen LogP contribution in [0.3, 0.4) is 0 Å². The lowest BCUT2D eigenvalue weighted by Gasteiger charge is -2.42. The van der Waals surface area contributed by atoms with Crippen molar-refractivity contribution < 1.29 is 4.74 Å². The zero-order chi connectivity index (χ0) is 22.0. The zero-order valence-electron chi connectivity index (χ0n) is 20.4. The molecule has 0 amide bonds. The second-order valence-corrected chi connectivity index (χ2v) is 11.7. The van der Waals surface area contributed by atoms with E-state index in [2.05, 4.69) is 48.5 Å². The second kappa shape index (κ2) is 9.85. The lowest BCUT2D eigenvalue weighted by molar-refractivity contribution is 0.141. The van der Waals surface area contributed by atoms with Gasteiger partial charge in [0.15, 0.2) is 0 Å². The van der Waals surface area contributed by atoms with Crippen LogP contribution in [0.5, 0.6) is 11.5 Å². The molecule has 33 heavy (non-hydrogen) atoms. The van der Waals surface area contributed by atoms with Gasteiger partial charge in [-0.25, -0.2) is 0 Å². The molecule has 4 saturated carbocycles. The first-order chi connectivity index (χ1) is 16.4. The van der Waals surface area contributed by atoms with Crippen LogP contribution in [-0.2, 0) is 0 Å². The third-order valence-corrected chi connectivity index (χ3v) is 10.0. The molecule has 1 nitrogen and oxygen atoms in total. The molecular weight excluding hydrogens is 400 g/mol. The van der Waals surface area contributed by atoms with Crippen molar-refractivity contribution in [1.82, 2.24) is 0 Å². The Labute approximate surface area is 201 Å². The molecule has 6 atom stereocenters. The van der Waals surface area contributed by atoms with Gasteiger partial charge in [-0.05, 0) is 84.5 Å². The zero-order valence-corrected chi connectivity index (χ0v) is 20.4. The fourth-order valence-corrected chi connectivity index (χ4v) is 8.53. The van der Waals surface area contributed by atoms with Crippen molar-refractivity contribution in [1.29, 1.82) is 0 Å². The molecule has 0 spiro atoms. The summed E-state index contributed by atoms with van der Waals surface area (Å²) in [5.74, 6) is 7.28. The summed E-state index contributed by atoms with van der Waals surface area (Å²) >= 11 is 0. The van der Waals surface area contributed by atoms with Crippen LogP contribution in [0, 0.1) is 23.7 Å². The molecule has 0 N–H and O–H groups in total. The van der Waals surface area contributed by atoms with Gasteiger partial charge < -0.3 is 4.74 Å². The summed E-state index contributed by atoms with van der Waals surface area (Å²) in [5.41, 5.74) is 2.98. The molecule has 0 radical (unpaired) electrons. The Morgan fingerprint density at radius 3 is 1.39 bits per heavy atom. The molecule has 0 saturated heterocycles.